The highest BCUT2D eigenvalue weighted by atomic mass is 16.5. The van der Waals surface area contributed by atoms with Crippen LogP contribution in [-0.2, 0) is 4.74 Å². The molecule has 0 radical (unpaired) electrons. The molecule has 0 saturated heterocycles. The van der Waals surface area contributed by atoms with E-state index in [1.54, 1.807) is 0 Å². The molecule has 2 unspecified atom stereocenters. The summed E-state index contributed by atoms with van der Waals surface area (Å²) < 4.78 is 5.35. The first-order valence-corrected chi connectivity index (χ1v) is 5.77. The third-order valence-electron chi connectivity index (χ3n) is 3.03. The number of methoxy groups -OCH3 is 1. The molecule has 0 aliphatic heterocycles. The minimum absolute atomic E-state index is 0.451. The molecule has 0 aromatic rings. The summed E-state index contributed by atoms with van der Waals surface area (Å²) >= 11 is 0. The lowest BCUT2D eigenvalue weighted by molar-refractivity contribution is 0.107. The Hall–Kier alpha value is -0.0800. The van der Waals surface area contributed by atoms with Crippen LogP contribution in [0.1, 0.15) is 46.5 Å². The Morgan fingerprint density at radius 1 is 1.29 bits per heavy atom. The fourth-order valence-electron chi connectivity index (χ4n) is 1.99. The lowest BCUT2D eigenvalue weighted by Crippen LogP contribution is -2.30. The first kappa shape index (κ1) is 12.0. The van der Waals surface area contributed by atoms with Crippen LogP contribution in [0.4, 0.5) is 0 Å². The monoisotopic (exact) mass is 199 g/mol. The molecular formula is C12H25NO. The van der Waals surface area contributed by atoms with Gasteiger partial charge in [0.15, 0.2) is 0 Å². The largest absolute Gasteiger partial charge is 0.381 e. The van der Waals surface area contributed by atoms with Crippen LogP contribution in [-0.4, -0.2) is 25.8 Å². The van der Waals surface area contributed by atoms with E-state index in [2.05, 4.69) is 26.1 Å². The fourth-order valence-corrected chi connectivity index (χ4v) is 1.99. The van der Waals surface area contributed by atoms with Gasteiger partial charge in [0.05, 0.1) is 6.10 Å². The van der Waals surface area contributed by atoms with Crippen LogP contribution in [0, 0.1) is 5.41 Å². The highest BCUT2D eigenvalue weighted by Crippen LogP contribution is 2.22. The van der Waals surface area contributed by atoms with Crippen molar-refractivity contribution in [2.24, 2.45) is 5.41 Å². The fraction of sp³-hybridized carbons (Fsp3) is 1.00. The Labute approximate surface area is 88.4 Å². The SMILES string of the molecule is COC1CCC(NCCC(C)(C)C)C1. The minimum atomic E-state index is 0.451. The molecule has 0 bridgehead atoms. The predicted molar refractivity (Wildman–Crippen MR) is 60.5 cm³/mol. The van der Waals surface area contributed by atoms with Gasteiger partial charge < -0.3 is 10.1 Å². The van der Waals surface area contributed by atoms with Gasteiger partial charge in [-0.25, -0.2) is 0 Å². The van der Waals surface area contributed by atoms with Gasteiger partial charge in [-0.15, -0.1) is 0 Å². The maximum atomic E-state index is 5.35. The van der Waals surface area contributed by atoms with Gasteiger partial charge >= 0.3 is 0 Å². The molecule has 0 aromatic heterocycles. The van der Waals surface area contributed by atoms with E-state index in [4.69, 9.17) is 4.74 Å². The van der Waals surface area contributed by atoms with Crippen LogP contribution >= 0.6 is 0 Å². The van der Waals surface area contributed by atoms with Crippen molar-refractivity contribution in [3.05, 3.63) is 0 Å². The number of nitrogens with one attached hydrogen (secondary N) is 1. The molecule has 1 aliphatic rings. The second-order valence-electron chi connectivity index (χ2n) is 5.63. The van der Waals surface area contributed by atoms with Crippen molar-refractivity contribution in [2.75, 3.05) is 13.7 Å². The van der Waals surface area contributed by atoms with Crippen LogP contribution in [0.3, 0.4) is 0 Å². The van der Waals surface area contributed by atoms with Gasteiger partial charge in [-0.3, -0.25) is 0 Å². The zero-order chi connectivity index (χ0) is 10.6. The van der Waals surface area contributed by atoms with Crippen LogP contribution in [0.5, 0.6) is 0 Å². The average molecular weight is 199 g/mol. The smallest absolute Gasteiger partial charge is 0.0586 e. The Bertz CT molecular complexity index is 162. The first-order valence-electron chi connectivity index (χ1n) is 5.77. The molecule has 1 aliphatic carbocycles. The number of hydrogen-bond donors (Lipinski definition) is 1. The van der Waals surface area contributed by atoms with Gasteiger partial charge in [0.1, 0.15) is 0 Å². The number of rotatable bonds is 4. The van der Waals surface area contributed by atoms with Crippen LogP contribution in [0.15, 0.2) is 0 Å². The Morgan fingerprint density at radius 2 is 2.00 bits per heavy atom. The number of ether oxygens (including phenoxy) is 1. The van der Waals surface area contributed by atoms with E-state index in [1.165, 1.54) is 25.7 Å². The van der Waals surface area contributed by atoms with Crippen molar-refractivity contribution >= 4 is 0 Å². The molecule has 1 N–H and O–H groups in total. The Morgan fingerprint density at radius 3 is 2.50 bits per heavy atom. The number of hydrogen-bond acceptors (Lipinski definition) is 2. The molecule has 0 spiro atoms. The van der Waals surface area contributed by atoms with Gasteiger partial charge in [-0.1, -0.05) is 20.8 Å². The normalized spacial score (nSPS) is 28.3. The summed E-state index contributed by atoms with van der Waals surface area (Å²) in [6.07, 6.45) is 5.45. The van der Waals surface area contributed by atoms with Gasteiger partial charge in [0, 0.05) is 13.2 Å². The molecule has 14 heavy (non-hydrogen) atoms. The van der Waals surface area contributed by atoms with Gasteiger partial charge in [0.25, 0.3) is 0 Å². The van der Waals surface area contributed by atoms with Gasteiger partial charge in [-0.05, 0) is 37.6 Å². The first-order chi connectivity index (χ1) is 6.51. The molecule has 0 aromatic carbocycles. The molecule has 84 valence electrons. The minimum Gasteiger partial charge on any atom is -0.381 e. The van der Waals surface area contributed by atoms with Crippen molar-refractivity contribution in [3.63, 3.8) is 0 Å². The third-order valence-corrected chi connectivity index (χ3v) is 3.03. The summed E-state index contributed by atoms with van der Waals surface area (Å²) in [5.41, 5.74) is 0.451. The highest BCUT2D eigenvalue weighted by Gasteiger charge is 2.23. The van der Waals surface area contributed by atoms with E-state index in [1.807, 2.05) is 7.11 Å². The van der Waals surface area contributed by atoms with Crippen LogP contribution < -0.4 is 5.32 Å². The van der Waals surface area contributed by atoms with Crippen molar-refractivity contribution in [1.82, 2.24) is 5.32 Å². The molecule has 0 amide bonds. The Kier molecular flexibility index (Phi) is 4.39. The standard InChI is InChI=1S/C12H25NO/c1-12(2,3)7-8-13-10-5-6-11(9-10)14-4/h10-11,13H,5-9H2,1-4H3. The molecular weight excluding hydrogens is 174 g/mol. The molecule has 2 heteroatoms. The summed E-state index contributed by atoms with van der Waals surface area (Å²) in [7, 11) is 1.82. The van der Waals surface area contributed by atoms with Crippen LogP contribution in [0.2, 0.25) is 0 Å². The van der Waals surface area contributed by atoms with Crippen molar-refractivity contribution < 1.29 is 4.74 Å². The Balaban J connectivity index is 2.09. The topological polar surface area (TPSA) is 21.3 Å². The zero-order valence-corrected chi connectivity index (χ0v) is 10.1. The third kappa shape index (κ3) is 4.43. The lowest BCUT2D eigenvalue weighted by Gasteiger charge is -2.20. The molecule has 2 atom stereocenters. The predicted octanol–water partition coefficient (Wildman–Crippen LogP) is 2.58. The maximum Gasteiger partial charge on any atom is 0.0586 e. The van der Waals surface area contributed by atoms with E-state index < -0.39 is 0 Å². The van der Waals surface area contributed by atoms with E-state index >= 15 is 0 Å². The highest BCUT2D eigenvalue weighted by molar-refractivity contribution is 4.81. The molecule has 1 fully saturated rings. The maximum absolute atomic E-state index is 5.35. The second-order valence-corrected chi connectivity index (χ2v) is 5.63. The molecule has 0 heterocycles. The van der Waals surface area contributed by atoms with E-state index in [-0.39, 0.29) is 0 Å². The van der Waals surface area contributed by atoms with Gasteiger partial charge in [0.2, 0.25) is 0 Å². The van der Waals surface area contributed by atoms with E-state index in [0.29, 0.717) is 17.6 Å². The van der Waals surface area contributed by atoms with Crippen molar-refractivity contribution in [3.8, 4) is 0 Å². The van der Waals surface area contributed by atoms with Crippen molar-refractivity contribution in [1.29, 1.82) is 0 Å². The lowest BCUT2D eigenvalue weighted by atomic mass is 9.92. The van der Waals surface area contributed by atoms with Gasteiger partial charge in [-0.2, -0.15) is 0 Å². The summed E-state index contributed by atoms with van der Waals surface area (Å²) in [5, 5.41) is 3.62. The summed E-state index contributed by atoms with van der Waals surface area (Å²) in [5.74, 6) is 0. The quantitative estimate of drug-likeness (QED) is 0.751. The second kappa shape index (κ2) is 5.13. The molecule has 1 rings (SSSR count). The molecule has 1 saturated carbocycles. The molecule has 2 nitrogen and oxygen atoms in total. The zero-order valence-electron chi connectivity index (χ0n) is 10.1. The summed E-state index contributed by atoms with van der Waals surface area (Å²) in [6, 6.07) is 0.697. The average Bonchev–Trinajstić information content (AvgIpc) is 2.50. The van der Waals surface area contributed by atoms with E-state index in [0.717, 1.165) is 6.54 Å². The summed E-state index contributed by atoms with van der Waals surface area (Å²) in [4.78, 5) is 0. The van der Waals surface area contributed by atoms with E-state index in [9.17, 15) is 0 Å². The van der Waals surface area contributed by atoms with Crippen molar-refractivity contribution in [2.45, 2.75) is 58.6 Å². The summed E-state index contributed by atoms with van der Waals surface area (Å²) in [6.45, 7) is 8.02. The van der Waals surface area contributed by atoms with Crippen LogP contribution in [0.25, 0.3) is 0 Å².